The van der Waals surface area contributed by atoms with Gasteiger partial charge in [0.15, 0.2) is 29.5 Å². The highest BCUT2D eigenvalue weighted by atomic mass is 32.2. The Kier molecular flexibility index (Phi) is 24.0. The van der Waals surface area contributed by atoms with E-state index in [0.29, 0.717) is 75.1 Å². The van der Waals surface area contributed by atoms with Crippen LogP contribution in [0.3, 0.4) is 0 Å². The van der Waals surface area contributed by atoms with Gasteiger partial charge in [0.1, 0.15) is 17.3 Å². The van der Waals surface area contributed by atoms with Crippen LogP contribution >= 0.6 is 0 Å². The fourth-order valence-corrected chi connectivity index (χ4v) is 9.77. The molecular weight excluding hydrogens is 781 g/mol. The van der Waals surface area contributed by atoms with E-state index in [1.165, 1.54) is 38.1 Å². The third-order valence-corrected chi connectivity index (χ3v) is 14.2. The largest absolute Gasteiger partial charge is 0.300 e. The summed E-state index contributed by atoms with van der Waals surface area (Å²) < 4.78 is 82.1. The second-order valence-electron chi connectivity index (χ2n) is 13.4. The van der Waals surface area contributed by atoms with Gasteiger partial charge in [0.2, 0.25) is 0 Å². The molecule has 0 aliphatic rings. The Bertz CT molecular complexity index is 1940. The highest BCUT2D eigenvalue weighted by Crippen LogP contribution is 2.17. The first kappa shape index (κ1) is 49.7. The maximum Gasteiger partial charge on any atom is 0.178 e. The van der Waals surface area contributed by atoms with Crippen molar-refractivity contribution >= 4 is 57.7 Å². The Morgan fingerprint density at radius 2 is 1.04 bits per heavy atom. The highest BCUT2D eigenvalue weighted by molar-refractivity contribution is 7.91. The number of benzene rings is 3. The molecule has 0 spiro atoms. The monoisotopic (exact) mass is 838 g/mol. The van der Waals surface area contributed by atoms with Gasteiger partial charge in [0.05, 0.1) is 27.0 Å². The summed E-state index contributed by atoms with van der Waals surface area (Å²) in [5, 5.41) is 0. The number of ketones is 3. The van der Waals surface area contributed by atoms with Crippen molar-refractivity contribution in [3.05, 3.63) is 96.1 Å². The van der Waals surface area contributed by atoms with Crippen molar-refractivity contribution in [3.63, 3.8) is 0 Å². The Hall–Kier alpha value is -3.33. The van der Waals surface area contributed by atoms with Crippen LogP contribution in [0.15, 0.2) is 94.7 Å². The van der Waals surface area contributed by atoms with Crippen molar-refractivity contribution in [1.29, 1.82) is 0 Å². The van der Waals surface area contributed by atoms with E-state index in [9.17, 15) is 43.8 Å². The van der Waals surface area contributed by atoms with Crippen LogP contribution in [0.2, 0.25) is 0 Å². The first-order valence-corrected chi connectivity index (χ1v) is 25.4. The highest BCUT2D eigenvalue weighted by Gasteiger charge is 2.16. The molecule has 1 unspecified atom stereocenters. The molecule has 0 aliphatic carbocycles. The Balaban J connectivity index is 0.000000416. The smallest absolute Gasteiger partial charge is 0.178 e. The molecular formula is C41H58O10S4. The summed E-state index contributed by atoms with van der Waals surface area (Å²) in [6, 6.07) is 24.3. The lowest BCUT2D eigenvalue weighted by Crippen LogP contribution is -2.09. The minimum Gasteiger partial charge on any atom is -0.300 e. The normalized spacial score (nSPS) is 12.0. The summed E-state index contributed by atoms with van der Waals surface area (Å²) in [5.41, 5.74) is 1.94. The molecule has 55 heavy (non-hydrogen) atoms. The van der Waals surface area contributed by atoms with Gasteiger partial charge in [0, 0.05) is 54.2 Å². The van der Waals surface area contributed by atoms with E-state index in [4.69, 9.17) is 0 Å². The molecule has 306 valence electrons. The van der Waals surface area contributed by atoms with E-state index >= 15 is 0 Å². The van der Waals surface area contributed by atoms with Crippen molar-refractivity contribution in [1.82, 2.24) is 0 Å². The second kappa shape index (κ2) is 26.5. The molecule has 1 atom stereocenters. The molecule has 3 aromatic carbocycles. The molecule has 0 radical (unpaired) electrons. The minimum atomic E-state index is -3.40. The first-order valence-electron chi connectivity index (χ1n) is 18.5. The van der Waals surface area contributed by atoms with Gasteiger partial charge < -0.3 is 9.59 Å². The maximum atomic E-state index is 12.1. The maximum absolute atomic E-state index is 12.1. The third kappa shape index (κ3) is 24.7. The summed E-state index contributed by atoms with van der Waals surface area (Å²) in [6.07, 6.45) is 8.11. The van der Waals surface area contributed by atoms with Crippen LogP contribution in [-0.2, 0) is 66.2 Å². The van der Waals surface area contributed by atoms with Gasteiger partial charge in [-0.3, -0.25) is 9.00 Å². The van der Waals surface area contributed by atoms with Crippen molar-refractivity contribution in [2.24, 2.45) is 0 Å². The van der Waals surface area contributed by atoms with Crippen molar-refractivity contribution in [3.8, 4) is 0 Å². The number of rotatable bonds is 23. The summed E-state index contributed by atoms with van der Waals surface area (Å²) in [7, 11) is -10.6. The average Bonchev–Trinajstić information content (AvgIpc) is 3.12. The van der Waals surface area contributed by atoms with Gasteiger partial charge in [-0.1, -0.05) is 74.0 Å². The van der Waals surface area contributed by atoms with E-state index in [1.807, 2.05) is 67.6 Å². The quantitative estimate of drug-likeness (QED) is 0.0874. The standard InChI is InChI=1S/C14H20O5S2.C14H20O2S.C13H18O3S/c1-12(15)6-4-3-5-11-21(18,19)14-9-7-13(8-10-14)20(2,16)17;1-2-14(15)10-6-7-11-17(16)12-13-8-4-3-5-9-13;1-12(14)7-5-6-10-17(15,16)11-13-8-3-2-4-9-13/h7-10H,3-6,11H2,1-2H3;3-5,8-9H,2,6-7,10-12H2,1H3;2-4,8-9H,5-7,10-11H2,1H3. The number of carbonyl (C=O) groups is 3. The van der Waals surface area contributed by atoms with Gasteiger partial charge in [-0.15, -0.1) is 0 Å². The zero-order valence-corrected chi connectivity index (χ0v) is 35.9. The number of hydrogen-bond donors (Lipinski definition) is 0. The summed E-state index contributed by atoms with van der Waals surface area (Å²) in [5.74, 6) is 2.11. The molecule has 0 bridgehead atoms. The molecule has 0 aliphatic heterocycles. The Labute approximate surface area is 332 Å². The molecule has 0 saturated carbocycles. The summed E-state index contributed by atoms with van der Waals surface area (Å²) in [4.78, 5) is 32.8. The van der Waals surface area contributed by atoms with Crippen LogP contribution in [0.4, 0.5) is 0 Å². The molecule has 0 aromatic heterocycles. The number of unbranched alkanes of at least 4 members (excludes halogenated alkanes) is 4. The van der Waals surface area contributed by atoms with Gasteiger partial charge in [0.25, 0.3) is 0 Å². The van der Waals surface area contributed by atoms with Crippen LogP contribution in [0, 0.1) is 0 Å². The zero-order chi connectivity index (χ0) is 41.3. The fourth-order valence-electron chi connectivity index (χ4n) is 5.05. The lowest BCUT2D eigenvalue weighted by atomic mass is 10.1. The number of carbonyl (C=O) groups excluding carboxylic acids is 3. The van der Waals surface area contributed by atoms with Crippen molar-refractivity contribution in [2.75, 3.05) is 23.5 Å². The molecule has 0 heterocycles. The van der Waals surface area contributed by atoms with E-state index in [-0.39, 0.29) is 38.6 Å². The fraction of sp³-hybridized carbons (Fsp3) is 0.488. The van der Waals surface area contributed by atoms with Gasteiger partial charge in [-0.2, -0.15) is 0 Å². The van der Waals surface area contributed by atoms with Crippen molar-refractivity contribution in [2.45, 2.75) is 113 Å². The predicted octanol–water partition coefficient (Wildman–Crippen LogP) is 7.46. The minimum absolute atomic E-state index is 0.00310. The molecule has 0 saturated heterocycles. The van der Waals surface area contributed by atoms with Crippen LogP contribution in [-0.4, -0.2) is 70.3 Å². The third-order valence-electron chi connectivity index (χ3n) is 8.16. The summed E-state index contributed by atoms with van der Waals surface area (Å²) >= 11 is 0. The average molecular weight is 839 g/mol. The van der Waals surface area contributed by atoms with Gasteiger partial charge in [-0.05, 0) is 87.8 Å². The van der Waals surface area contributed by atoms with Crippen LogP contribution in [0.25, 0.3) is 0 Å². The molecule has 0 N–H and O–H groups in total. The molecule has 0 amide bonds. The Morgan fingerprint density at radius 1 is 0.564 bits per heavy atom. The molecule has 3 rings (SSSR count). The number of hydrogen-bond acceptors (Lipinski definition) is 10. The zero-order valence-electron chi connectivity index (χ0n) is 32.6. The number of sulfone groups is 3. The SMILES string of the molecule is CC(=O)CCCCCS(=O)(=O)c1ccc(S(C)(=O)=O)cc1.CC(=O)CCCCS(=O)(=O)Cc1ccccc1.CCC(=O)CCCCS(=O)Cc1ccccc1. The topological polar surface area (TPSA) is 171 Å². The van der Waals surface area contributed by atoms with Crippen LogP contribution in [0.5, 0.6) is 0 Å². The van der Waals surface area contributed by atoms with E-state index in [0.717, 1.165) is 30.2 Å². The summed E-state index contributed by atoms with van der Waals surface area (Å²) in [6.45, 7) is 4.93. The Morgan fingerprint density at radius 3 is 1.55 bits per heavy atom. The van der Waals surface area contributed by atoms with E-state index in [2.05, 4.69) is 0 Å². The van der Waals surface area contributed by atoms with Crippen molar-refractivity contribution < 1.29 is 43.8 Å². The first-order chi connectivity index (χ1) is 25.8. The second-order valence-corrected chi connectivity index (χ2v) is 21.3. The van der Waals surface area contributed by atoms with Gasteiger partial charge >= 0.3 is 0 Å². The lowest BCUT2D eigenvalue weighted by molar-refractivity contribution is -0.119. The van der Waals surface area contributed by atoms with Gasteiger partial charge in [-0.25, -0.2) is 25.3 Å². The van der Waals surface area contributed by atoms with Crippen LogP contribution < -0.4 is 0 Å². The predicted molar refractivity (Wildman–Crippen MR) is 222 cm³/mol. The van der Waals surface area contributed by atoms with Crippen LogP contribution in [0.1, 0.15) is 103 Å². The molecule has 14 heteroatoms. The van der Waals surface area contributed by atoms with E-state index in [1.54, 1.807) is 0 Å². The van der Waals surface area contributed by atoms with E-state index < -0.39 is 40.3 Å². The molecule has 0 fully saturated rings. The lowest BCUT2D eigenvalue weighted by Gasteiger charge is -2.05. The molecule has 10 nitrogen and oxygen atoms in total. The molecule has 3 aromatic rings. The number of Topliss-reactive ketones (excluding diaryl/α,β-unsaturated/α-hetero) is 3.